The second kappa shape index (κ2) is 18.1. The topological polar surface area (TPSA) is 133 Å². The second-order valence-electron chi connectivity index (χ2n) is 11.1. The van der Waals surface area contributed by atoms with E-state index in [4.69, 9.17) is 0 Å². The van der Waals surface area contributed by atoms with Crippen molar-refractivity contribution in [1.82, 2.24) is 21.3 Å². The molecule has 238 valence electrons. The van der Waals surface area contributed by atoms with E-state index in [1.165, 1.54) is 12.8 Å². The van der Waals surface area contributed by atoms with Gasteiger partial charge in [0.1, 0.15) is 12.1 Å². The van der Waals surface area contributed by atoms with Crippen molar-refractivity contribution < 1.29 is 24.0 Å². The van der Waals surface area contributed by atoms with Crippen molar-refractivity contribution in [3.8, 4) is 11.1 Å². The molecule has 9 nitrogen and oxygen atoms in total. The third-order valence-corrected chi connectivity index (χ3v) is 7.43. The zero-order valence-corrected chi connectivity index (χ0v) is 26.4. The monoisotopic (exact) mass is 612 g/mol. The summed E-state index contributed by atoms with van der Waals surface area (Å²) >= 11 is 0. The predicted molar refractivity (Wildman–Crippen MR) is 175 cm³/mol. The fourth-order valence-electron chi connectivity index (χ4n) is 4.57. The Balaban J connectivity index is 0.00000130. The summed E-state index contributed by atoms with van der Waals surface area (Å²) in [5, 5.41) is 10.4. The molecule has 2 atom stereocenters. The molecule has 0 fully saturated rings. The van der Waals surface area contributed by atoms with Crippen molar-refractivity contribution in [2.24, 2.45) is 0 Å². The summed E-state index contributed by atoms with van der Waals surface area (Å²) < 4.78 is 0. The van der Waals surface area contributed by atoms with Gasteiger partial charge in [0.15, 0.2) is 0 Å². The van der Waals surface area contributed by atoms with Crippen LogP contribution in [0.15, 0.2) is 78.9 Å². The highest BCUT2D eigenvalue weighted by atomic mass is 16.2. The molecule has 4 amide bonds. The SMILES string of the molecule is CCCC.C[C@@H]1NC(=O)CCc2cccc(c2)-c2cccc(c2)CCC(C(=O)NCC(=O)C(=O)NCc2ccccc2)NC1=O. The second-order valence-corrected chi connectivity index (χ2v) is 11.1. The molecular weight excluding hydrogens is 568 g/mol. The first-order valence-electron chi connectivity index (χ1n) is 15.6. The molecule has 1 aliphatic heterocycles. The number of Topliss-reactive ketones (excluding diaryl/α,β-unsaturated/α-hetero) is 1. The van der Waals surface area contributed by atoms with Crippen LogP contribution in [0.1, 0.15) is 63.1 Å². The average Bonchev–Trinajstić information content (AvgIpc) is 3.07. The van der Waals surface area contributed by atoms with Gasteiger partial charge in [-0.2, -0.15) is 0 Å². The highest BCUT2D eigenvalue weighted by Crippen LogP contribution is 2.23. The molecule has 1 heterocycles. The Morgan fingerprint density at radius 2 is 1.38 bits per heavy atom. The number of benzene rings is 3. The van der Waals surface area contributed by atoms with Crippen molar-refractivity contribution in [2.75, 3.05) is 6.54 Å². The molecule has 0 saturated heterocycles. The lowest BCUT2D eigenvalue weighted by atomic mass is 9.97. The summed E-state index contributed by atoms with van der Waals surface area (Å²) in [6.07, 6.45) is 4.08. The Kier molecular flexibility index (Phi) is 14.0. The van der Waals surface area contributed by atoms with Gasteiger partial charge in [-0.05, 0) is 54.0 Å². The Hall–Kier alpha value is -4.79. The minimum absolute atomic E-state index is 0.186. The van der Waals surface area contributed by atoms with Crippen molar-refractivity contribution in [3.63, 3.8) is 0 Å². The minimum atomic E-state index is -0.984. The summed E-state index contributed by atoms with van der Waals surface area (Å²) in [6.45, 7) is 5.59. The van der Waals surface area contributed by atoms with Gasteiger partial charge in [0.2, 0.25) is 23.5 Å². The molecule has 0 aliphatic carbocycles. The number of hydrogen-bond donors (Lipinski definition) is 4. The van der Waals surface area contributed by atoms with Gasteiger partial charge in [-0.25, -0.2) is 0 Å². The van der Waals surface area contributed by atoms with Crippen LogP contribution in [0.25, 0.3) is 11.1 Å². The van der Waals surface area contributed by atoms with E-state index in [0.29, 0.717) is 12.8 Å². The molecule has 4 rings (SSSR count). The molecule has 9 heteroatoms. The lowest BCUT2D eigenvalue weighted by Gasteiger charge is -2.21. The van der Waals surface area contributed by atoms with E-state index in [1.54, 1.807) is 6.92 Å². The third kappa shape index (κ3) is 11.7. The molecule has 3 aromatic rings. The fraction of sp³-hybridized carbons (Fsp3) is 0.361. The van der Waals surface area contributed by atoms with Crippen LogP contribution in [-0.4, -0.2) is 48.0 Å². The van der Waals surface area contributed by atoms with Gasteiger partial charge in [0, 0.05) is 13.0 Å². The van der Waals surface area contributed by atoms with E-state index in [9.17, 15) is 24.0 Å². The number of carbonyl (C=O) groups excluding carboxylic acids is 5. The van der Waals surface area contributed by atoms with Gasteiger partial charge in [-0.3, -0.25) is 24.0 Å². The summed E-state index contributed by atoms with van der Waals surface area (Å²) in [5.74, 6) is -3.00. The highest BCUT2D eigenvalue weighted by Gasteiger charge is 2.25. The van der Waals surface area contributed by atoms with Crippen molar-refractivity contribution >= 4 is 29.4 Å². The average molecular weight is 613 g/mol. The lowest BCUT2D eigenvalue weighted by molar-refractivity contribution is -0.138. The lowest BCUT2D eigenvalue weighted by Crippen LogP contribution is -2.53. The van der Waals surface area contributed by atoms with Crippen LogP contribution in [0.5, 0.6) is 0 Å². The molecular formula is C36H44N4O5. The van der Waals surface area contributed by atoms with Crippen LogP contribution in [0.2, 0.25) is 0 Å². The fourth-order valence-corrected chi connectivity index (χ4v) is 4.57. The van der Waals surface area contributed by atoms with Crippen LogP contribution in [0.3, 0.4) is 0 Å². The smallest absolute Gasteiger partial charge is 0.289 e. The van der Waals surface area contributed by atoms with Crippen LogP contribution in [0.4, 0.5) is 0 Å². The zero-order valence-electron chi connectivity index (χ0n) is 26.4. The predicted octanol–water partition coefficient (Wildman–Crippen LogP) is 4.03. The number of amides is 4. The van der Waals surface area contributed by atoms with Crippen molar-refractivity contribution in [3.05, 3.63) is 95.6 Å². The van der Waals surface area contributed by atoms with Gasteiger partial charge in [-0.15, -0.1) is 0 Å². The third-order valence-electron chi connectivity index (χ3n) is 7.43. The number of unbranched alkanes of at least 4 members (excludes halogenated alkanes) is 1. The van der Waals surface area contributed by atoms with Gasteiger partial charge in [0.05, 0.1) is 6.54 Å². The zero-order chi connectivity index (χ0) is 32.6. The van der Waals surface area contributed by atoms with Gasteiger partial charge < -0.3 is 21.3 Å². The first kappa shape index (κ1) is 34.7. The molecule has 1 unspecified atom stereocenters. The van der Waals surface area contributed by atoms with Crippen LogP contribution in [0, 0.1) is 0 Å². The van der Waals surface area contributed by atoms with Crippen LogP contribution >= 0.6 is 0 Å². The molecule has 1 aliphatic rings. The Bertz CT molecular complexity index is 1450. The van der Waals surface area contributed by atoms with Crippen molar-refractivity contribution in [1.29, 1.82) is 0 Å². The Morgan fingerprint density at radius 1 is 0.756 bits per heavy atom. The maximum Gasteiger partial charge on any atom is 0.289 e. The van der Waals surface area contributed by atoms with E-state index in [0.717, 1.165) is 27.8 Å². The molecule has 3 aromatic carbocycles. The molecule has 0 spiro atoms. The summed E-state index contributed by atoms with van der Waals surface area (Å²) in [4.78, 5) is 63.2. The number of aryl methyl sites for hydroxylation is 2. The van der Waals surface area contributed by atoms with Crippen LogP contribution < -0.4 is 21.3 Å². The maximum atomic E-state index is 13.1. The number of carbonyl (C=O) groups is 5. The number of rotatable bonds is 7. The highest BCUT2D eigenvalue weighted by molar-refractivity contribution is 6.37. The molecule has 4 N–H and O–H groups in total. The van der Waals surface area contributed by atoms with E-state index >= 15 is 0 Å². The van der Waals surface area contributed by atoms with Gasteiger partial charge >= 0.3 is 0 Å². The standard InChI is InChI=1S/C32H34N4O5.C4H10/c1-21-30(39)36-27(31(40)34-20-28(37)32(41)33-19-24-7-3-2-4-8-24)15-13-22-9-5-11-25(17-22)26-12-6-10-23(18-26)14-16-29(38)35-21;1-3-4-2/h2-12,17-18,21,27H,13-16,19-20H2,1H3,(H,33,41)(H,34,40)(H,35,38)(H,36,39);3-4H2,1-2H3/t21-,27?;/m0./s1. The van der Waals surface area contributed by atoms with E-state index in [2.05, 4.69) is 41.2 Å². The summed E-state index contributed by atoms with van der Waals surface area (Å²) in [6, 6.07) is 23.2. The van der Waals surface area contributed by atoms with Gasteiger partial charge in [-0.1, -0.05) is 106 Å². The van der Waals surface area contributed by atoms with Crippen molar-refractivity contribution in [2.45, 2.75) is 77.9 Å². The number of hydrogen-bond acceptors (Lipinski definition) is 5. The first-order valence-corrected chi connectivity index (χ1v) is 15.6. The van der Waals surface area contributed by atoms with E-state index < -0.39 is 42.1 Å². The minimum Gasteiger partial charge on any atom is -0.347 e. The largest absolute Gasteiger partial charge is 0.347 e. The number of nitrogens with one attached hydrogen (secondary N) is 4. The Morgan fingerprint density at radius 3 is 2.00 bits per heavy atom. The van der Waals surface area contributed by atoms with E-state index in [-0.39, 0.29) is 25.3 Å². The normalized spacial score (nSPS) is 16.6. The molecule has 4 bridgehead atoms. The quantitative estimate of drug-likeness (QED) is 0.299. The molecule has 0 radical (unpaired) electrons. The summed E-state index contributed by atoms with van der Waals surface area (Å²) in [5.41, 5.74) is 4.87. The number of ketones is 1. The van der Waals surface area contributed by atoms with Gasteiger partial charge in [0.25, 0.3) is 5.91 Å². The maximum absolute atomic E-state index is 13.1. The summed E-state index contributed by atoms with van der Waals surface area (Å²) in [7, 11) is 0. The van der Waals surface area contributed by atoms with Crippen LogP contribution in [-0.2, 0) is 43.4 Å². The van der Waals surface area contributed by atoms with E-state index in [1.807, 2.05) is 72.8 Å². The first-order chi connectivity index (χ1) is 21.7. The molecule has 45 heavy (non-hydrogen) atoms. The molecule has 0 aromatic heterocycles. The number of fused-ring (bicyclic) bond motifs is 5. The Labute approximate surface area is 265 Å². The molecule has 0 saturated carbocycles.